The number of amides is 1. The van der Waals surface area contributed by atoms with Gasteiger partial charge in [0.15, 0.2) is 6.04 Å². The van der Waals surface area contributed by atoms with Crippen LogP contribution in [0.3, 0.4) is 0 Å². The van der Waals surface area contributed by atoms with Crippen molar-refractivity contribution in [3.8, 4) is 5.75 Å². The molecule has 0 radical (unpaired) electrons. The molecule has 1 aliphatic heterocycles. The lowest BCUT2D eigenvalue weighted by Gasteiger charge is -2.38. The van der Waals surface area contributed by atoms with E-state index in [9.17, 15) is 13.2 Å². The van der Waals surface area contributed by atoms with E-state index in [1.165, 1.54) is 41.3 Å². The van der Waals surface area contributed by atoms with Gasteiger partial charge in [0, 0.05) is 31.7 Å². The maximum atomic E-state index is 16.2. The molecule has 1 saturated heterocycles. The van der Waals surface area contributed by atoms with Gasteiger partial charge in [0.2, 0.25) is 15.9 Å². The molecule has 2 fully saturated rings. The summed E-state index contributed by atoms with van der Waals surface area (Å²) in [6.07, 6.45) is 5.42. The number of sulfonamides is 1. The Morgan fingerprint density at radius 3 is 2.24 bits per heavy atom. The van der Waals surface area contributed by atoms with E-state index in [0.717, 1.165) is 43.7 Å². The molecule has 1 aliphatic carbocycles. The number of likely N-dealkylation sites (tertiary alicyclic amines) is 1. The number of carbonyl (C=O) groups is 1. The van der Waals surface area contributed by atoms with Crippen molar-refractivity contribution in [3.05, 3.63) is 71.8 Å². The largest absolute Gasteiger partial charge is 0.490 e. The predicted octanol–water partition coefficient (Wildman–Crippen LogP) is 5.20. The topological polar surface area (TPSA) is 92.9 Å². The van der Waals surface area contributed by atoms with Gasteiger partial charge in [-0.15, -0.1) is 0 Å². The van der Waals surface area contributed by atoms with E-state index in [1.807, 2.05) is 6.07 Å². The Morgan fingerprint density at radius 1 is 0.976 bits per heavy atom. The minimum Gasteiger partial charge on any atom is -0.490 e. The monoisotopic (exact) mass is 585 g/mol. The van der Waals surface area contributed by atoms with Crippen LogP contribution < -0.4 is 10.5 Å². The van der Waals surface area contributed by atoms with Gasteiger partial charge in [-0.1, -0.05) is 42.0 Å². The zero-order valence-corrected chi connectivity index (χ0v) is 24.2. The number of fused-ring (bicyclic) bond motifs is 1. The lowest BCUT2D eigenvalue weighted by Crippen LogP contribution is -2.58. The smallest absolute Gasteiger partial charge is 0.298 e. The Morgan fingerprint density at radius 2 is 1.59 bits per heavy atom. The molecule has 2 aliphatic rings. The molecule has 41 heavy (non-hydrogen) atoms. The molecular formula is C31H37F2N3O4S. The molecule has 0 spiro atoms. The van der Waals surface area contributed by atoms with Crippen LogP contribution in [0.1, 0.15) is 49.7 Å². The maximum absolute atomic E-state index is 16.2. The normalized spacial score (nSPS) is 18.2. The van der Waals surface area contributed by atoms with Crippen LogP contribution in [-0.2, 0) is 20.7 Å². The van der Waals surface area contributed by atoms with Gasteiger partial charge in [0.1, 0.15) is 5.75 Å². The fourth-order valence-electron chi connectivity index (χ4n) is 5.70. The Hall–Kier alpha value is -3.08. The first-order valence-corrected chi connectivity index (χ1v) is 15.6. The summed E-state index contributed by atoms with van der Waals surface area (Å²) in [7, 11) is -3.45. The minimum atomic E-state index is -4.50. The number of benzene rings is 3. The second kappa shape index (κ2) is 11.7. The first kappa shape index (κ1) is 29.4. The number of hydrogen-bond donors (Lipinski definition) is 1. The molecule has 0 aromatic heterocycles. The number of carbonyl (C=O) groups excluding carboxylic acids is 1. The van der Waals surface area contributed by atoms with Crippen molar-refractivity contribution in [1.29, 1.82) is 0 Å². The van der Waals surface area contributed by atoms with E-state index < -0.39 is 33.5 Å². The van der Waals surface area contributed by atoms with E-state index in [2.05, 4.69) is 0 Å². The molecule has 3 aromatic carbocycles. The summed E-state index contributed by atoms with van der Waals surface area (Å²) in [4.78, 5) is 14.8. The number of rotatable bonds is 8. The molecule has 7 nitrogen and oxygen atoms in total. The van der Waals surface area contributed by atoms with E-state index in [4.69, 9.17) is 10.5 Å². The Bertz CT molecular complexity index is 1500. The molecule has 1 heterocycles. The molecule has 1 atom stereocenters. The van der Waals surface area contributed by atoms with E-state index in [0.29, 0.717) is 28.3 Å². The van der Waals surface area contributed by atoms with Crippen LogP contribution in [0.2, 0.25) is 0 Å². The number of ether oxygens (including phenoxy) is 1. The zero-order valence-electron chi connectivity index (χ0n) is 23.4. The second-order valence-electron chi connectivity index (χ2n) is 11.3. The highest BCUT2D eigenvalue weighted by Gasteiger charge is 2.53. The average molecular weight is 586 g/mol. The van der Waals surface area contributed by atoms with Crippen LogP contribution in [0.5, 0.6) is 5.75 Å². The number of halogens is 2. The van der Waals surface area contributed by atoms with Gasteiger partial charge in [-0.25, -0.2) is 8.42 Å². The molecule has 0 unspecified atom stereocenters. The number of likely N-dealkylation sites (N-methyl/N-ethyl adjacent to an activating group) is 1. The second-order valence-corrected chi connectivity index (χ2v) is 13.3. The first-order valence-electron chi connectivity index (χ1n) is 14.1. The molecule has 10 heteroatoms. The van der Waals surface area contributed by atoms with Gasteiger partial charge >= 0.3 is 0 Å². The summed E-state index contributed by atoms with van der Waals surface area (Å²) in [6, 6.07) is 13.0. The molecule has 5 rings (SSSR count). The van der Waals surface area contributed by atoms with E-state index in [-0.39, 0.29) is 30.1 Å². The van der Waals surface area contributed by atoms with Gasteiger partial charge < -0.3 is 15.4 Å². The van der Waals surface area contributed by atoms with Crippen LogP contribution in [0.15, 0.2) is 65.6 Å². The van der Waals surface area contributed by atoms with Crippen molar-refractivity contribution in [1.82, 2.24) is 9.21 Å². The van der Waals surface area contributed by atoms with E-state index in [1.54, 1.807) is 25.1 Å². The minimum absolute atomic E-state index is 0.127. The summed E-state index contributed by atoms with van der Waals surface area (Å²) < 4.78 is 66.7. The van der Waals surface area contributed by atoms with Gasteiger partial charge in [-0.05, 0) is 80.5 Å². The van der Waals surface area contributed by atoms with Crippen LogP contribution >= 0.6 is 0 Å². The molecule has 220 valence electrons. The third-order valence-corrected chi connectivity index (χ3v) is 10.1. The summed E-state index contributed by atoms with van der Waals surface area (Å²) in [5.74, 6) is -4.03. The fraction of sp³-hybridized carbons (Fsp3) is 0.452. The summed E-state index contributed by atoms with van der Waals surface area (Å²) in [6.45, 7) is 2.15. The average Bonchev–Trinajstić information content (AvgIpc) is 3.46. The van der Waals surface area contributed by atoms with Crippen LogP contribution in [0.25, 0.3) is 10.8 Å². The van der Waals surface area contributed by atoms with Gasteiger partial charge in [0.05, 0.1) is 11.0 Å². The van der Waals surface area contributed by atoms with Crippen molar-refractivity contribution in [2.45, 2.75) is 74.5 Å². The Balaban J connectivity index is 1.48. The molecule has 1 amide bonds. The molecule has 2 N–H and O–H groups in total. The molecule has 3 aromatic rings. The highest BCUT2D eigenvalue weighted by Crippen LogP contribution is 2.38. The highest BCUT2D eigenvalue weighted by molar-refractivity contribution is 7.89. The maximum Gasteiger partial charge on any atom is 0.298 e. The third-order valence-electron chi connectivity index (χ3n) is 8.29. The van der Waals surface area contributed by atoms with Crippen molar-refractivity contribution < 1.29 is 26.7 Å². The third kappa shape index (κ3) is 6.10. The lowest BCUT2D eigenvalue weighted by molar-refractivity contribution is -0.151. The van der Waals surface area contributed by atoms with Crippen LogP contribution in [-0.4, -0.2) is 61.9 Å². The van der Waals surface area contributed by atoms with E-state index >= 15 is 8.78 Å². The predicted molar refractivity (Wildman–Crippen MR) is 154 cm³/mol. The van der Waals surface area contributed by atoms with Crippen molar-refractivity contribution in [2.24, 2.45) is 5.73 Å². The van der Waals surface area contributed by atoms with Crippen LogP contribution in [0, 0.1) is 6.92 Å². The number of aryl methyl sites for hydroxylation is 1. The molecule has 1 saturated carbocycles. The standard InChI is InChI=1S/C31H37F2N3O4S/c1-21-7-11-24(12-8-21)31(32,33)29(30(37)36-17-15-25(34)16-18-36)35(2)41(38,39)28-14-10-22-19-27(13-9-23(22)20-28)40-26-5-3-4-6-26/h7-14,19-20,25-26,29H,3-6,15-18,34H2,1-2H3/t29-/m1/s1. The Kier molecular flexibility index (Phi) is 8.36. The zero-order chi connectivity index (χ0) is 29.4. The summed E-state index contributed by atoms with van der Waals surface area (Å²) in [5, 5.41) is 1.39. The highest BCUT2D eigenvalue weighted by atomic mass is 32.2. The quantitative estimate of drug-likeness (QED) is 0.392. The SMILES string of the molecule is Cc1ccc(C(F)(F)[C@@H](C(=O)N2CCC(N)CC2)N(C)S(=O)(=O)c2ccc3cc(OC4CCCC4)ccc3c2)cc1. The number of piperidine rings is 1. The molecular weight excluding hydrogens is 548 g/mol. The van der Waals surface area contributed by atoms with Crippen LogP contribution in [0.4, 0.5) is 8.78 Å². The van der Waals surface area contributed by atoms with Crippen molar-refractivity contribution >= 4 is 26.7 Å². The van der Waals surface area contributed by atoms with Gasteiger partial charge in [-0.2, -0.15) is 13.1 Å². The molecule has 0 bridgehead atoms. The number of alkyl halides is 2. The summed E-state index contributed by atoms with van der Waals surface area (Å²) in [5.41, 5.74) is 6.31. The van der Waals surface area contributed by atoms with Crippen molar-refractivity contribution in [3.63, 3.8) is 0 Å². The first-order chi connectivity index (χ1) is 19.5. The summed E-state index contributed by atoms with van der Waals surface area (Å²) >= 11 is 0. The van der Waals surface area contributed by atoms with Gasteiger partial charge in [0.25, 0.3) is 5.92 Å². The number of nitrogens with two attached hydrogens (primary N) is 1. The fourth-order valence-corrected chi connectivity index (χ4v) is 7.05. The lowest BCUT2D eigenvalue weighted by atomic mass is 9.97. The van der Waals surface area contributed by atoms with Gasteiger partial charge in [-0.3, -0.25) is 4.79 Å². The number of nitrogens with zero attached hydrogens (tertiary/aromatic N) is 2. The van der Waals surface area contributed by atoms with Crippen molar-refractivity contribution in [2.75, 3.05) is 20.1 Å². The Labute approximate surface area is 240 Å². The number of hydrogen-bond acceptors (Lipinski definition) is 5.